The highest BCUT2D eigenvalue weighted by Gasteiger charge is 2.48. The summed E-state index contributed by atoms with van der Waals surface area (Å²) in [7, 11) is 0. The lowest BCUT2D eigenvalue weighted by Crippen LogP contribution is -2.69. The highest BCUT2D eigenvalue weighted by atomic mass is 79.9. The van der Waals surface area contributed by atoms with Crippen molar-refractivity contribution in [3.05, 3.63) is 28.7 Å². The van der Waals surface area contributed by atoms with Crippen LogP contribution in [0.15, 0.2) is 28.7 Å². The van der Waals surface area contributed by atoms with E-state index in [-0.39, 0.29) is 11.8 Å². The Hall–Kier alpha value is -1.36. The molecule has 0 saturated carbocycles. The smallest absolute Gasteiger partial charge is 0.253 e. The largest absolute Gasteiger partial charge is 0.340 e. The molecule has 20 heavy (non-hydrogen) atoms. The molecule has 0 spiro atoms. The molecule has 1 aromatic rings. The summed E-state index contributed by atoms with van der Waals surface area (Å²) in [5, 5.41) is 2.90. The normalized spacial score (nSPS) is 21.8. The molecular formula is C15H19BrN2O2. The maximum Gasteiger partial charge on any atom is 0.253 e. The van der Waals surface area contributed by atoms with Crippen LogP contribution in [-0.2, 0) is 9.59 Å². The number of anilines is 1. The molecule has 108 valence electrons. The lowest BCUT2D eigenvalue weighted by Gasteiger charge is -2.44. The molecule has 1 atom stereocenters. The van der Waals surface area contributed by atoms with Crippen LogP contribution >= 0.6 is 15.9 Å². The van der Waals surface area contributed by atoms with Gasteiger partial charge < -0.3 is 5.32 Å². The fourth-order valence-corrected chi connectivity index (χ4v) is 3.09. The molecule has 1 fully saturated rings. The van der Waals surface area contributed by atoms with Crippen molar-refractivity contribution in [2.24, 2.45) is 0 Å². The first kappa shape index (κ1) is 15.0. The van der Waals surface area contributed by atoms with Crippen LogP contribution in [-0.4, -0.2) is 23.4 Å². The van der Waals surface area contributed by atoms with E-state index in [0.717, 1.165) is 10.2 Å². The quantitative estimate of drug-likeness (QED) is 0.921. The number of hydrogen-bond donors (Lipinski definition) is 1. The maximum absolute atomic E-state index is 12.9. The van der Waals surface area contributed by atoms with E-state index in [0.29, 0.717) is 12.8 Å². The van der Waals surface area contributed by atoms with Gasteiger partial charge in [-0.1, -0.05) is 26.0 Å². The topological polar surface area (TPSA) is 49.4 Å². The first-order valence-electron chi connectivity index (χ1n) is 6.87. The van der Waals surface area contributed by atoms with Crippen molar-refractivity contribution >= 4 is 33.4 Å². The predicted molar refractivity (Wildman–Crippen MR) is 82.5 cm³/mol. The van der Waals surface area contributed by atoms with Crippen molar-refractivity contribution < 1.29 is 9.59 Å². The minimum Gasteiger partial charge on any atom is -0.340 e. The van der Waals surface area contributed by atoms with Crippen molar-refractivity contribution in [3.63, 3.8) is 0 Å². The fourth-order valence-electron chi connectivity index (χ4n) is 2.61. The zero-order valence-electron chi connectivity index (χ0n) is 11.9. The highest BCUT2D eigenvalue weighted by Crippen LogP contribution is 2.33. The second-order valence-corrected chi connectivity index (χ2v) is 5.94. The van der Waals surface area contributed by atoms with E-state index < -0.39 is 11.6 Å². The van der Waals surface area contributed by atoms with Crippen molar-refractivity contribution in [2.75, 3.05) is 4.90 Å². The molecule has 2 amide bonds. The number of carbonyl (C=O) groups is 2. The third-order valence-electron chi connectivity index (χ3n) is 4.08. The van der Waals surface area contributed by atoms with Gasteiger partial charge in [0.15, 0.2) is 0 Å². The second-order valence-electron chi connectivity index (χ2n) is 5.08. The Morgan fingerprint density at radius 2 is 1.85 bits per heavy atom. The number of para-hydroxylation sites is 1. The van der Waals surface area contributed by atoms with Gasteiger partial charge in [0.25, 0.3) is 5.91 Å². The molecule has 1 N–H and O–H groups in total. The van der Waals surface area contributed by atoms with Gasteiger partial charge >= 0.3 is 0 Å². The van der Waals surface area contributed by atoms with Gasteiger partial charge in [0.05, 0.1) is 5.69 Å². The Morgan fingerprint density at radius 1 is 1.25 bits per heavy atom. The monoisotopic (exact) mass is 338 g/mol. The summed E-state index contributed by atoms with van der Waals surface area (Å²) >= 11 is 3.46. The Balaban J connectivity index is 2.52. The van der Waals surface area contributed by atoms with Crippen LogP contribution in [0, 0.1) is 0 Å². The van der Waals surface area contributed by atoms with Crippen LogP contribution in [0.2, 0.25) is 0 Å². The molecule has 4 nitrogen and oxygen atoms in total. The molecule has 2 rings (SSSR count). The van der Waals surface area contributed by atoms with E-state index in [2.05, 4.69) is 21.2 Å². The number of nitrogens with zero attached hydrogens (tertiary/aromatic N) is 1. The van der Waals surface area contributed by atoms with Gasteiger partial charge in [-0.3, -0.25) is 14.5 Å². The van der Waals surface area contributed by atoms with Gasteiger partial charge in [0, 0.05) is 4.47 Å². The Bertz CT molecular complexity index is 540. The molecule has 0 aromatic heterocycles. The first-order chi connectivity index (χ1) is 9.46. The van der Waals surface area contributed by atoms with Crippen molar-refractivity contribution in [2.45, 2.75) is 45.2 Å². The van der Waals surface area contributed by atoms with Gasteiger partial charge in [-0.2, -0.15) is 0 Å². The minimum absolute atomic E-state index is 0.0403. The number of hydrogen-bond acceptors (Lipinski definition) is 2. The average molecular weight is 339 g/mol. The molecule has 1 aliphatic heterocycles. The lowest BCUT2D eigenvalue weighted by atomic mass is 9.87. The summed E-state index contributed by atoms with van der Waals surface area (Å²) in [5.74, 6) is -0.148. The molecule has 1 aromatic carbocycles. The first-order valence-corrected chi connectivity index (χ1v) is 7.66. The Labute approximate surface area is 127 Å². The number of nitrogens with one attached hydrogen (secondary N) is 1. The maximum atomic E-state index is 12.9. The molecular weight excluding hydrogens is 320 g/mol. The third-order valence-corrected chi connectivity index (χ3v) is 4.75. The number of halogens is 1. The summed E-state index contributed by atoms with van der Waals surface area (Å²) in [6, 6.07) is 6.98. The van der Waals surface area contributed by atoms with Crippen molar-refractivity contribution in [3.8, 4) is 0 Å². The second kappa shape index (κ2) is 5.56. The van der Waals surface area contributed by atoms with E-state index in [1.807, 2.05) is 38.1 Å². The van der Waals surface area contributed by atoms with Crippen molar-refractivity contribution in [1.29, 1.82) is 0 Å². The molecule has 1 aliphatic rings. The van der Waals surface area contributed by atoms with Crippen molar-refractivity contribution in [1.82, 2.24) is 5.32 Å². The summed E-state index contributed by atoms with van der Waals surface area (Å²) in [6.07, 6.45) is 1.17. The van der Waals surface area contributed by atoms with E-state index in [4.69, 9.17) is 0 Å². The van der Waals surface area contributed by atoms with Crippen LogP contribution in [0.4, 0.5) is 5.69 Å². The number of carbonyl (C=O) groups excluding carboxylic acids is 2. The van der Waals surface area contributed by atoms with E-state index in [1.165, 1.54) is 0 Å². The van der Waals surface area contributed by atoms with Crippen LogP contribution in [0.1, 0.15) is 33.6 Å². The zero-order chi connectivity index (χ0) is 14.9. The summed E-state index contributed by atoms with van der Waals surface area (Å²) < 4.78 is 0.816. The molecule has 0 bridgehead atoms. The summed E-state index contributed by atoms with van der Waals surface area (Å²) in [4.78, 5) is 26.8. The number of benzene rings is 1. The number of amides is 2. The average Bonchev–Trinajstić information content (AvgIpc) is 2.45. The Morgan fingerprint density at radius 3 is 2.40 bits per heavy atom. The van der Waals surface area contributed by atoms with Gasteiger partial charge in [-0.15, -0.1) is 0 Å². The summed E-state index contributed by atoms with van der Waals surface area (Å²) in [5.41, 5.74) is -0.0510. The number of piperazine rings is 1. The van der Waals surface area contributed by atoms with Gasteiger partial charge in [-0.25, -0.2) is 0 Å². The SMILES string of the molecule is CCC1(CC)NC(=O)C(C)N(c2ccccc2Br)C1=O. The van der Waals surface area contributed by atoms with Gasteiger partial charge in [0.2, 0.25) is 5.91 Å². The molecule has 1 saturated heterocycles. The minimum atomic E-state index is -0.793. The highest BCUT2D eigenvalue weighted by molar-refractivity contribution is 9.10. The number of rotatable bonds is 3. The standard InChI is InChI=1S/C15H19BrN2O2/c1-4-15(5-2)14(20)18(10(3)13(19)17-15)12-9-7-6-8-11(12)16/h6-10H,4-5H2,1-3H3,(H,17,19). The zero-order valence-corrected chi connectivity index (χ0v) is 13.5. The Kier molecular flexibility index (Phi) is 4.18. The molecule has 0 aliphatic carbocycles. The lowest BCUT2D eigenvalue weighted by molar-refractivity contribution is -0.138. The van der Waals surface area contributed by atoms with Crippen LogP contribution < -0.4 is 10.2 Å². The molecule has 5 heteroatoms. The molecule has 1 heterocycles. The van der Waals surface area contributed by atoms with E-state index >= 15 is 0 Å². The molecule has 1 unspecified atom stereocenters. The van der Waals surface area contributed by atoms with Gasteiger partial charge in [-0.05, 0) is 47.8 Å². The third kappa shape index (κ3) is 2.24. The van der Waals surface area contributed by atoms with E-state index in [9.17, 15) is 9.59 Å². The van der Waals surface area contributed by atoms with Crippen LogP contribution in [0.25, 0.3) is 0 Å². The van der Waals surface area contributed by atoms with Crippen LogP contribution in [0.5, 0.6) is 0 Å². The summed E-state index contributed by atoms with van der Waals surface area (Å²) in [6.45, 7) is 5.60. The predicted octanol–water partition coefficient (Wildman–Crippen LogP) is 2.86. The fraction of sp³-hybridized carbons (Fsp3) is 0.467. The molecule has 0 radical (unpaired) electrons. The van der Waals surface area contributed by atoms with Gasteiger partial charge in [0.1, 0.15) is 11.6 Å². The van der Waals surface area contributed by atoms with E-state index in [1.54, 1.807) is 11.8 Å². The van der Waals surface area contributed by atoms with Crippen LogP contribution in [0.3, 0.4) is 0 Å².